The molecular formula is C16H19N3O2S. The van der Waals surface area contributed by atoms with Gasteiger partial charge in [-0.05, 0) is 43.0 Å². The molecule has 5 nitrogen and oxygen atoms in total. The van der Waals surface area contributed by atoms with Crippen LogP contribution in [0.3, 0.4) is 0 Å². The summed E-state index contributed by atoms with van der Waals surface area (Å²) in [6.07, 6.45) is 6.59. The Hall–Kier alpha value is -1.92. The number of rotatable bonds is 5. The molecule has 0 unspecified atom stereocenters. The number of benzene rings is 1. The summed E-state index contributed by atoms with van der Waals surface area (Å²) in [5.74, 6) is 0. The van der Waals surface area contributed by atoms with Gasteiger partial charge in [0, 0.05) is 18.4 Å². The molecule has 0 spiro atoms. The van der Waals surface area contributed by atoms with Crippen molar-refractivity contribution in [3.8, 4) is 0 Å². The molecule has 1 N–H and O–H groups in total. The van der Waals surface area contributed by atoms with Gasteiger partial charge in [0.2, 0.25) is 10.0 Å². The van der Waals surface area contributed by atoms with Gasteiger partial charge in [-0.1, -0.05) is 24.3 Å². The van der Waals surface area contributed by atoms with Crippen LogP contribution in [0.4, 0.5) is 0 Å². The zero-order chi connectivity index (χ0) is 15.6. The van der Waals surface area contributed by atoms with Crippen molar-refractivity contribution in [3.05, 3.63) is 58.8 Å². The highest BCUT2D eigenvalue weighted by molar-refractivity contribution is 7.93. The van der Waals surface area contributed by atoms with Crippen molar-refractivity contribution >= 4 is 16.1 Å². The van der Waals surface area contributed by atoms with Crippen LogP contribution in [0.1, 0.15) is 24.5 Å². The summed E-state index contributed by atoms with van der Waals surface area (Å²) in [5.41, 5.74) is 2.19. The smallest absolute Gasteiger partial charge is 0.237 e. The van der Waals surface area contributed by atoms with Gasteiger partial charge in [0.25, 0.3) is 0 Å². The predicted octanol–water partition coefficient (Wildman–Crippen LogP) is 2.18. The molecule has 0 saturated heterocycles. The monoisotopic (exact) mass is 317 g/mol. The molecule has 2 aromatic rings. The molecule has 3 rings (SSSR count). The van der Waals surface area contributed by atoms with Crippen LogP contribution in [0.2, 0.25) is 0 Å². The fourth-order valence-corrected chi connectivity index (χ4v) is 4.09. The Kier molecular flexibility index (Phi) is 4.13. The summed E-state index contributed by atoms with van der Waals surface area (Å²) in [6.45, 7) is 2.35. The number of nitrogens with one attached hydrogen (secondary N) is 1. The van der Waals surface area contributed by atoms with E-state index in [0.717, 1.165) is 12.0 Å². The molecule has 0 aliphatic heterocycles. The first-order chi connectivity index (χ1) is 10.5. The van der Waals surface area contributed by atoms with Crippen molar-refractivity contribution in [1.29, 1.82) is 0 Å². The van der Waals surface area contributed by atoms with Crippen molar-refractivity contribution in [1.82, 2.24) is 14.5 Å². The van der Waals surface area contributed by atoms with E-state index in [9.17, 15) is 8.42 Å². The van der Waals surface area contributed by atoms with Gasteiger partial charge in [0.1, 0.15) is 0 Å². The molecule has 6 heteroatoms. The second-order valence-corrected chi connectivity index (χ2v) is 7.33. The van der Waals surface area contributed by atoms with Gasteiger partial charge < -0.3 is 0 Å². The maximum atomic E-state index is 12.5. The number of fused-ring (bicyclic) bond motifs is 1. The normalized spacial score (nSPS) is 16.0. The third-order valence-corrected chi connectivity index (χ3v) is 5.46. The van der Waals surface area contributed by atoms with E-state index in [0.29, 0.717) is 17.9 Å². The van der Waals surface area contributed by atoms with Crippen LogP contribution in [-0.4, -0.2) is 24.2 Å². The van der Waals surface area contributed by atoms with Crippen LogP contribution in [-0.2, 0) is 23.0 Å². The molecule has 0 fully saturated rings. The number of hydrogen-bond acceptors (Lipinski definition) is 3. The summed E-state index contributed by atoms with van der Waals surface area (Å²) in [4.78, 5) is 0.457. The average Bonchev–Trinajstić information content (AvgIpc) is 2.99. The Balaban J connectivity index is 1.75. The van der Waals surface area contributed by atoms with E-state index >= 15 is 0 Å². The predicted molar refractivity (Wildman–Crippen MR) is 86.5 cm³/mol. The molecule has 0 saturated carbocycles. The molecule has 1 aliphatic carbocycles. The lowest BCUT2D eigenvalue weighted by Gasteiger charge is -2.19. The topological polar surface area (TPSA) is 64.0 Å². The molecule has 1 aromatic carbocycles. The molecule has 0 radical (unpaired) electrons. The van der Waals surface area contributed by atoms with Crippen LogP contribution < -0.4 is 4.72 Å². The van der Waals surface area contributed by atoms with Crippen molar-refractivity contribution in [2.24, 2.45) is 0 Å². The van der Waals surface area contributed by atoms with E-state index in [1.807, 2.05) is 43.5 Å². The Labute approximate surface area is 130 Å². The number of nitrogens with zero attached hydrogens (tertiary/aromatic N) is 2. The average molecular weight is 317 g/mol. The molecule has 1 heterocycles. The van der Waals surface area contributed by atoms with Gasteiger partial charge in [-0.2, -0.15) is 5.10 Å². The highest BCUT2D eigenvalue weighted by Gasteiger charge is 2.23. The zero-order valence-electron chi connectivity index (χ0n) is 12.4. The molecule has 116 valence electrons. The van der Waals surface area contributed by atoms with Crippen molar-refractivity contribution < 1.29 is 8.42 Å². The number of allylic oxidation sites excluding steroid dienone is 1. The zero-order valence-corrected chi connectivity index (χ0v) is 13.3. The van der Waals surface area contributed by atoms with E-state index in [2.05, 4.69) is 9.82 Å². The van der Waals surface area contributed by atoms with Crippen LogP contribution in [0.25, 0.3) is 6.08 Å². The lowest BCUT2D eigenvalue weighted by Crippen LogP contribution is -2.36. The second kappa shape index (κ2) is 6.06. The Morgan fingerprint density at radius 2 is 2.09 bits per heavy atom. The highest BCUT2D eigenvalue weighted by Crippen LogP contribution is 2.26. The number of aryl methyl sites for hydroxylation is 1. The van der Waals surface area contributed by atoms with Crippen molar-refractivity contribution in [2.75, 3.05) is 0 Å². The molecule has 1 aromatic heterocycles. The lowest BCUT2D eigenvalue weighted by atomic mass is 9.98. The van der Waals surface area contributed by atoms with Crippen molar-refractivity contribution in [2.45, 2.75) is 32.4 Å². The first-order valence-electron chi connectivity index (χ1n) is 7.33. The molecule has 1 aliphatic rings. The van der Waals surface area contributed by atoms with E-state index in [-0.39, 0.29) is 6.04 Å². The van der Waals surface area contributed by atoms with Gasteiger partial charge in [-0.15, -0.1) is 0 Å². The van der Waals surface area contributed by atoms with Crippen LogP contribution >= 0.6 is 0 Å². The molecule has 0 amide bonds. The molecule has 0 bridgehead atoms. The fourth-order valence-electron chi connectivity index (χ4n) is 2.68. The first-order valence-corrected chi connectivity index (χ1v) is 8.81. The van der Waals surface area contributed by atoms with Gasteiger partial charge in [-0.25, -0.2) is 13.1 Å². The minimum Gasteiger partial charge on any atom is -0.271 e. The number of sulfonamides is 1. The third kappa shape index (κ3) is 3.28. The van der Waals surface area contributed by atoms with Gasteiger partial charge in [-0.3, -0.25) is 4.68 Å². The second-order valence-electron chi connectivity index (χ2n) is 5.56. The standard InChI is InChI=1S/C16H19N3O2S/c1-13(12-19-10-4-9-17-19)18-22(20,21)16-8-7-14-5-2-3-6-15(14)11-16/h2-6,9-11,13,18H,7-8,12H2,1H3/t13-/m1/s1. The van der Waals surface area contributed by atoms with E-state index in [1.54, 1.807) is 17.0 Å². The van der Waals surface area contributed by atoms with E-state index in [1.165, 1.54) is 5.56 Å². The number of hydrogen-bond donors (Lipinski definition) is 1. The lowest BCUT2D eigenvalue weighted by molar-refractivity contribution is 0.495. The summed E-state index contributed by atoms with van der Waals surface area (Å²) >= 11 is 0. The first kappa shape index (κ1) is 15.0. The molecular weight excluding hydrogens is 298 g/mol. The molecule has 1 atom stereocenters. The van der Waals surface area contributed by atoms with Crippen LogP contribution in [0.5, 0.6) is 0 Å². The van der Waals surface area contributed by atoms with Gasteiger partial charge >= 0.3 is 0 Å². The number of aromatic nitrogens is 2. The van der Waals surface area contributed by atoms with Crippen LogP contribution in [0, 0.1) is 0 Å². The largest absolute Gasteiger partial charge is 0.271 e. The van der Waals surface area contributed by atoms with E-state index < -0.39 is 10.0 Å². The van der Waals surface area contributed by atoms with Gasteiger partial charge in [0.15, 0.2) is 0 Å². The van der Waals surface area contributed by atoms with Gasteiger partial charge in [0.05, 0.1) is 11.4 Å². The Bertz CT molecular complexity index is 779. The highest BCUT2D eigenvalue weighted by atomic mass is 32.2. The maximum Gasteiger partial charge on any atom is 0.237 e. The summed E-state index contributed by atoms with van der Waals surface area (Å²) in [5, 5.41) is 4.10. The van der Waals surface area contributed by atoms with Crippen molar-refractivity contribution in [3.63, 3.8) is 0 Å². The fraction of sp³-hybridized carbons (Fsp3) is 0.312. The summed E-state index contributed by atoms with van der Waals surface area (Å²) < 4.78 is 29.5. The maximum absolute atomic E-state index is 12.5. The van der Waals surface area contributed by atoms with Crippen LogP contribution in [0.15, 0.2) is 47.6 Å². The minimum absolute atomic E-state index is 0.219. The van der Waals surface area contributed by atoms with E-state index in [4.69, 9.17) is 0 Å². The third-order valence-electron chi connectivity index (χ3n) is 3.73. The Morgan fingerprint density at radius 3 is 2.86 bits per heavy atom. The molecule has 22 heavy (non-hydrogen) atoms. The quantitative estimate of drug-likeness (QED) is 0.919. The summed E-state index contributed by atoms with van der Waals surface area (Å²) in [7, 11) is -3.46. The minimum atomic E-state index is -3.46. The Morgan fingerprint density at radius 1 is 1.27 bits per heavy atom. The SMILES string of the molecule is C[C@H](Cn1cccn1)NS(=O)(=O)C1=Cc2ccccc2CC1. The summed E-state index contributed by atoms with van der Waals surface area (Å²) in [6, 6.07) is 9.51.